The van der Waals surface area contributed by atoms with Gasteiger partial charge in [0.15, 0.2) is 0 Å². The Bertz CT molecular complexity index is 449. The SMILES string of the molecule is CC1C2CNCC2CN1Cc1ccc(C2CC2)cc1. The van der Waals surface area contributed by atoms with Crippen LogP contribution in [0.15, 0.2) is 24.3 Å². The third kappa shape index (κ3) is 2.21. The topological polar surface area (TPSA) is 15.3 Å². The Labute approximate surface area is 116 Å². The second-order valence-electron chi connectivity index (χ2n) is 6.77. The van der Waals surface area contributed by atoms with E-state index in [0.29, 0.717) is 0 Å². The molecule has 3 fully saturated rings. The van der Waals surface area contributed by atoms with E-state index in [-0.39, 0.29) is 0 Å². The van der Waals surface area contributed by atoms with Crippen molar-refractivity contribution >= 4 is 0 Å². The fourth-order valence-electron chi connectivity index (χ4n) is 4.01. The lowest BCUT2D eigenvalue weighted by Crippen LogP contribution is -2.32. The number of benzene rings is 1. The predicted molar refractivity (Wildman–Crippen MR) is 78.1 cm³/mol. The van der Waals surface area contributed by atoms with Crippen LogP contribution < -0.4 is 5.32 Å². The van der Waals surface area contributed by atoms with Gasteiger partial charge in [-0.05, 0) is 61.7 Å². The fraction of sp³-hybridized carbons (Fsp3) is 0.647. The molecule has 2 heteroatoms. The Hall–Kier alpha value is -0.860. The summed E-state index contributed by atoms with van der Waals surface area (Å²) in [6, 6.07) is 10.2. The molecule has 3 aliphatic rings. The molecule has 2 saturated heterocycles. The highest BCUT2D eigenvalue weighted by atomic mass is 15.2. The number of nitrogens with zero attached hydrogens (tertiary/aromatic N) is 1. The van der Waals surface area contributed by atoms with Gasteiger partial charge in [0.25, 0.3) is 0 Å². The van der Waals surface area contributed by atoms with E-state index in [1.165, 1.54) is 38.0 Å². The van der Waals surface area contributed by atoms with Gasteiger partial charge in [0, 0.05) is 19.1 Å². The van der Waals surface area contributed by atoms with Gasteiger partial charge in [0.05, 0.1) is 0 Å². The molecular formula is C17H24N2. The summed E-state index contributed by atoms with van der Waals surface area (Å²) in [6.45, 7) is 7.29. The normalized spacial score (nSPS) is 34.7. The van der Waals surface area contributed by atoms with Gasteiger partial charge in [-0.15, -0.1) is 0 Å². The standard InChI is InChI=1S/C17H24N2/c1-12-17-9-18-8-16(17)11-19(12)10-13-2-4-14(5-3-13)15-6-7-15/h2-5,12,15-18H,6-11H2,1H3. The van der Waals surface area contributed by atoms with Crippen LogP contribution in [0.5, 0.6) is 0 Å². The van der Waals surface area contributed by atoms with Gasteiger partial charge in [-0.3, -0.25) is 4.90 Å². The molecule has 1 saturated carbocycles. The van der Waals surface area contributed by atoms with Crippen LogP contribution in [-0.2, 0) is 6.54 Å². The Morgan fingerprint density at radius 2 is 1.95 bits per heavy atom. The first-order valence-electron chi connectivity index (χ1n) is 7.85. The molecule has 1 aromatic rings. The van der Waals surface area contributed by atoms with Crippen LogP contribution in [0.1, 0.15) is 36.8 Å². The first-order valence-corrected chi connectivity index (χ1v) is 7.85. The summed E-state index contributed by atoms with van der Waals surface area (Å²) < 4.78 is 0. The number of rotatable bonds is 3. The smallest absolute Gasteiger partial charge is 0.0236 e. The Balaban J connectivity index is 1.43. The Kier molecular flexibility index (Phi) is 2.89. The molecule has 0 spiro atoms. The fourth-order valence-corrected chi connectivity index (χ4v) is 4.01. The third-order valence-corrected chi connectivity index (χ3v) is 5.47. The highest BCUT2D eigenvalue weighted by Crippen LogP contribution is 2.40. The van der Waals surface area contributed by atoms with Crippen molar-refractivity contribution in [3.05, 3.63) is 35.4 Å². The molecule has 2 nitrogen and oxygen atoms in total. The summed E-state index contributed by atoms with van der Waals surface area (Å²) in [5.74, 6) is 2.65. The zero-order valence-electron chi connectivity index (χ0n) is 11.8. The van der Waals surface area contributed by atoms with Crippen molar-refractivity contribution in [3.63, 3.8) is 0 Å². The van der Waals surface area contributed by atoms with Crippen LogP contribution in [0.25, 0.3) is 0 Å². The van der Waals surface area contributed by atoms with Crippen LogP contribution in [0.4, 0.5) is 0 Å². The van der Waals surface area contributed by atoms with Gasteiger partial charge in [-0.2, -0.15) is 0 Å². The van der Waals surface area contributed by atoms with E-state index in [1.807, 2.05) is 0 Å². The largest absolute Gasteiger partial charge is 0.316 e. The first-order chi connectivity index (χ1) is 9.31. The lowest BCUT2D eigenvalue weighted by molar-refractivity contribution is 0.231. The average Bonchev–Trinajstić information content (AvgIpc) is 3.10. The van der Waals surface area contributed by atoms with Gasteiger partial charge < -0.3 is 5.32 Å². The maximum absolute atomic E-state index is 3.54. The lowest BCUT2D eigenvalue weighted by Gasteiger charge is -2.24. The van der Waals surface area contributed by atoms with E-state index in [0.717, 1.165) is 30.3 Å². The average molecular weight is 256 g/mol. The molecule has 0 radical (unpaired) electrons. The summed E-state index contributed by atoms with van der Waals surface area (Å²) in [5, 5.41) is 3.54. The van der Waals surface area contributed by atoms with Gasteiger partial charge in [-0.25, -0.2) is 0 Å². The van der Waals surface area contributed by atoms with Gasteiger partial charge in [-0.1, -0.05) is 24.3 Å². The van der Waals surface area contributed by atoms with E-state index in [2.05, 4.69) is 41.4 Å². The molecule has 102 valence electrons. The molecule has 1 N–H and O–H groups in total. The number of likely N-dealkylation sites (tertiary alicyclic amines) is 1. The van der Waals surface area contributed by atoms with Gasteiger partial charge in [0.1, 0.15) is 0 Å². The summed E-state index contributed by atoms with van der Waals surface area (Å²) in [5.41, 5.74) is 3.04. The minimum Gasteiger partial charge on any atom is -0.316 e. The molecular weight excluding hydrogens is 232 g/mol. The zero-order valence-corrected chi connectivity index (χ0v) is 11.8. The maximum atomic E-state index is 3.54. The van der Waals surface area contributed by atoms with Crippen LogP contribution in [0.3, 0.4) is 0 Å². The summed E-state index contributed by atoms with van der Waals surface area (Å²) in [4.78, 5) is 2.68. The van der Waals surface area contributed by atoms with E-state index in [1.54, 1.807) is 5.56 Å². The van der Waals surface area contributed by atoms with Crippen molar-refractivity contribution in [2.24, 2.45) is 11.8 Å². The minimum absolute atomic E-state index is 0.739. The van der Waals surface area contributed by atoms with E-state index in [9.17, 15) is 0 Å². The van der Waals surface area contributed by atoms with E-state index in [4.69, 9.17) is 0 Å². The Morgan fingerprint density at radius 1 is 1.16 bits per heavy atom. The monoisotopic (exact) mass is 256 g/mol. The molecule has 3 atom stereocenters. The van der Waals surface area contributed by atoms with Crippen LogP contribution >= 0.6 is 0 Å². The molecule has 2 aliphatic heterocycles. The van der Waals surface area contributed by atoms with Crippen molar-refractivity contribution in [1.29, 1.82) is 0 Å². The van der Waals surface area contributed by atoms with Crippen molar-refractivity contribution < 1.29 is 0 Å². The van der Waals surface area contributed by atoms with Crippen molar-refractivity contribution in [2.45, 2.75) is 38.3 Å². The van der Waals surface area contributed by atoms with Crippen molar-refractivity contribution in [2.75, 3.05) is 19.6 Å². The molecule has 0 aromatic heterocycles. The molecule has 0 bridgehead atoms. The highest BCUT2D eigenvalue weighted by molar-refractivity contribution is 5.28. The molecule has 1 aliphatic carbocycles. The number of hydrogen-bond donors (Lipinski definition) is 1. The van der Waals surface area contributed by atoms with Crippen LogP contribution in [0.2, 0.25) is 0 Å². The maximum Gasteiger partial charge on any atom is 0.0236 e. The second kappa shape index (κ2) is 4.60. The van der Waals surface area contributed by atoms with E-state index >= 15 is 0 Å². The second-order valence-corrected chi connectivity index (χ2v) is 6.77. The summed E-state index contributed by atoms with van der Waals surface area (Å²) in [7, 11) is 0. The van der Waals surface area contributed by atoms with Gasteiger partial charge >= 0.3 is 0 Å². The molecule has 19 heavy (non-hydrogen) atoms. The molecule has 1 aromatic carbocycles. The first kappa shape index (κ1) is 11.9. The zero-order chi connectivity index (χ0) is 12.8. The number of fused-ring (bicyclic) bond motifs is 1. The summed E-state index contributed by atoms with van der Waals surface area (Å²) in [6.07, 6.45) is 2.80. The molecule has 3 unspecified atom stereocenters. The van der Waals surface area contributed by atoms with E-state index < -0.39 is 0 Å². The molecule has 0 amide bonds. The minimum atomic E-state index is 0.739. The third-order valence-electron chi connectivity index (χ3n) is 5.47. The van der Waals surface area contributed by atoms with Crippen LogP contribution in [0, 0.1) is 11.8 Å². The quantitative estimate of drug-likeness (QED) is 0.894. The number of hydrogen-bond acceptors (Lipinski definition) is 2. The van der Waals surface area contributed by atoms with Crippen LogP contribution in [-0.4, -0.2) is 30.6 Å². The molecule has 2 heterocycles. The number of nitrogens with one attached hydrogen (secondary N) is 1. The lowest BCUT2D eigenvalue weighted by atomic mass is 9.95. The highest BCUT2D eigenvalue weighted by Gasteiger charge is 2.41. The van der Waals surface area contributed by atoms with Crippen molar-refractivity contribution in [3.8, 4) is 0 Å². The van der Waals surface area contributed by atoms with Gasteiger partial charge in [0.2, 0.25) is 0 Å². The predicted octanol–water partition coefficient (Wildman–Crippen LogP) is 2.60. The van der Waals surface area contributed by atoms with Crippen molar-refractivity contribution in [1.82, 2.24) is 10.2 Å². The summed E-state index contributed by atoms with van der Waals surface area (Å²) >= 11 is 0. The Morgan fingerprint density at radius 3 is 2.63 bits per heavy atom. The molecule has 4 rings (SSSR count).